The average molecular weight is 373 g/mol. The summed E-state index contributed by atoms with van der Waals surface area (Å²) in [6, 6.07) is 9.74. The molecule has 1 aliphatic carbocycles. The Bertz CT molecular complexity index is 865. The van der Waals surface area contributed by atoms with Crippen molar-refractivity contribution in [3.8, 4) is 5.75 Å². The Kier molecular flexibility index (Phi) is 4.83. The van der Waals surface area contributed by atoms with Gasteiger partial charge in [0.15, 0.2) is 0 Å². The van der Waals surface area contributed by atoms with E-state index in [2.05, 4.69) is 11.0 Å². The van der Waals surface area contributed by atoms with Gasteiger partial charge in [0.05, 0.1) is 13.0 Å². The summed E-state index contributed by atoms with van der Waals surface area (Å²) in [6.07, 6.45) is 1.96. The van der Waals surface area contributed by atoms with Gasteiger partial charge < -0.3 is 9.47 Å². The molecule has 2 aromatic rings. The molecule has 6 heteroatoms. The highest BCUT2D eigenvalue weighted by atomic mass is 19.1. The third-order valence-corrected chi connectivity index (χ3v) is 5.46. The van der Waals surface area contributed by atoms with Crippen LogP contribution in [0.4, 0.5) is 8.78 Å². The summed E-state index contributed by atoms with van der Waals surface area (Å²) in [5, 5.41) is 0. The zero-order chi connectivity index (χ0) is 19.0. The van der Waals surface area contributed by atoms with Crippen molar-refractivity contribution in [1.82, 2.24) is 4.90 Å². The number of fused-ring (bicyclic) bond motifs is 1. The number of hydrogen-bond donors (Lipinski definition) is 0. The van der Waals surface area contributed by atoms with Crippen molar-refractivity contribution >= 4 is 5.97 Å². The van der Waals surface area contributed by atoms with Crippen molar-refractivity contribution in [2.75, 3.05) is 20.2 Å². The molecule has 2 aliphatic rings. The van der Waals surface area contributed by atoms with E-state index in [1.807, 2.05) is 12.1 Å². The first-order valence-corrected chi connectivity index (χ1v) is 9.06. The molecule has 27 heavy (non-hydrogen) atoms. The fourth-order valence-corrected chi connectivity index (χ4v) is 3.92. The van der Waals surface area contributed by atoms with Crippen molar-refractivity contribution in [2.45, 2.75) is 25.5 Å². The number of nitrogens with zero attached hydrogens (tertiary/aromatic N) is 1. The van der Waals surface area contributed by atoms with Crippen LogP contribution in [0.1, 0.15) is 29.2 Å². The monoisotopic (exact) mass is 373 g/mol. The molecule has 4 nitrogen and oxygen atoms in total. The van der Waals surface area contributed by atoms with Gasteiger partial charge in [-0.1, -0.05) is 6.07 Å². The van der Waals surface area contributed by atoms with Gasteiger partial charge in [-0.3, -0.25) is 9.69 Å². The topological polar surface area (TPSA) is 38.8 Å². The molecule has 1 saturated heterocycles. The fraction of sp³-hybridized carbons (Fsp3) is 0.381. The van der Waals surface area contributed by atoms with Crippen molar-refractivity contribution in [3.63, 3.8) is 0 Å². The minimum absolute atomic E-state index is 0.0211. The molecule has 0 aromatic heterocycles. The lowest BCUT2D eigenvalue weighted by atomic mass is 9.95. The molecular formula is C21H21F2NO3. The normalized spacial score (nSPS) is 19.4. The molecule has 142 valence electrons. The number of carbonyl (C=O) groups excluding carboxylic acids is 1. The van der Waals surface area contributed by atoms with E-state index in [0.29, 0.717) is 17.4 Å². The number of aryl methyl sites for hydroxylation is 1. The second kappa shape index (κ2) is 7.27. The predicted molar refractivity (Wildman–Crippen MR) is 95.3 cm³/mol. The summed E-state index contributed by atoms with van der Waals surface area (Å²) in [4.78, 5) is 13.9. The summed E-state index contributed by atoms with van der Waals surface area (Å²) in [7, 11) is 1.43. The van der Waals surface area contributed by atoms with Crippen LogP contribution in [0, 0.1) is 17.6 Å². The van der Waals surface area contributed by atoms with Gasteiger partial charge in [-0.15, -0.1) is 0 Å². The lowest BCUT2D eigenvalue weighted by molar-refractivity contribution is -0.152. The van der Waals surface area contributed by atoms with Crippen LogP contribution in [0.15, 0.2) is 36.4 Å². The van der Waals surface area contributed by atoms with Crippen LogP contribution in [0.25, 0.3) is 0 Å². The van der Waals surface area contributed by atoms with Crippen LogP contribution in [0.2, 0.25) is 0 Å². The smallest absolute Gasteiger partial charge is 0.311 e. The summed E-state index contributed by atoms with van der Waals surface area (Å²) >= 11 is 0. The first-order valence-electron chi connectivity index (χ1n) is 9.06. The number of methoxy groups -OCH3 is 1. The molecule has 4 rings (SSSR count). The standard InChI is InChI=1S/C21H21F2NO3/c1-26-21(25)15-10-24(11-15)20-7-3-13-8-17(5-6-18(13)20)27-12-14-2-4-16(22)9-19(14)23/h2,4-6,8-9,15,20H,3,7,10-12H2,1H3. The Morgan fingerprint density at radius 2 is 2.00 bits per heavy atom. The van der Waals surface area contributed by atoms with E-state index in [0.717, 1.165) is 32.0 Å². The molecule has 0 N–H and O–H groups in total. The Balaban J connectivity index is 1.39. The molecule has 2 aromatic carbocycles. The number of likely N-dealkylation sites (tertiary alicyclic amines) is 1. The highest BCUT2D eigenvalue weighted by Crippen LogP contribution is 2.40. The van der Waals surface area contributed by atoms with Gasteiger partial charge in [0, 0.05) is 30.8 Å². The van der Waals surface area contributed by atoms with Gasteiger partial charge >= 0.3 is 5.97 Å². The van der Waals surface area contributed by atoms with Gasteiger partial charge in [0.2, 0.25) is 0 Å². The lowest BCUT2D eigenvalue weighted by Crippen LogP contribution is -2.51. The maximum Gasteiger partial charge on any atom is 0.311 e. The maximum absolute atomic E-state index is 13.7. The second-order valence-corrected chi connectivity index (χ2v) is 7.11. The van der Waals surface area contributed by atoms with Crippen LogP contribution in [0.5, 0.6) is 5.75 Å². The average Bonchev–Trinajstić information content (AvgIpc) is 3.02. The van der Waals surface area contributed by atoms with Gasteiger partial charge in [-0.05, 0) is 48.2 Å². The number of hydrogen-bond acceptors (Lipinski definition) is 4. The summed E-state index contributed by atoms with van der Waals surface area (Å²) in [5.41, 5.74) is 2.81. The zero-order valence-corrected chi connectivity index (χ0v) is 15.1. The highest BCUT2D eigenvalue weighted by molar-refractivity contribution is 5.73. The minimum Gasteiger partial charge on any atom is -0.489 e. The number of benzene rings is 2. The van der Waals surface area contributed by atoms with Crippen molar-refractivity contribution in [2.24, 2.45) is 5.92 Å². The van der Waals surface area contributed by atoms with E-state index < -0.39 is 11.6 Å². The molecule has 1 heterocycles. The molecule has 1 aliphatic heterocycles. The third kappa shape index (κ3) is 3.54. The van der Waals surface area contributed by atoms with E-state index in [4.69, 9.17) is 9.47 Å². The Labute approximate surface area is 156 Å². The van der Waals surface area contributed by atoms with E-state index >= 15 is 0 Å². The molecule has 0 bridgehead atoms. The summed E-state index contributed by atoms with van der Waals surface area (Å²) < 4.78 is 37.2. The van der Waals surface area contributed by atoms with Gasteiger partial charge in [-0.2, -0.15) is 0 Å². The quantitative estimate of drug-likeness (QED) is 0.751. The van der Waals surface area contributed by atoms with Crippen LogP contribution in [0.3, 0.4) is 0 Å². The first kappa shape index (κ1) is 17.9. The Hall–Kier alpha value is -2.47. The molecule has 0 spiro atoms. The molecule has 0 amide bonds. The van der Waals surface area contributed by atoms with Crippen LogP contribution in [-0.2, 0) is 22.6 Å². The van der Waals surface area contributed by atoms with Gasteiger partial charge in [0.25, 0.3) is 0 Å². The van der Waals surface area contributed by atoms with Crippen LogP contribution in [-0.4, -0.2) is 31.1 Å². The van der Waals surface area contributed by atoms with E-state index in [-0.39, 0.29) is 18.5 Å². The Morgan fingerprint density at radius 1 is 1.19 bits per heavy atom. The van der Waals surface area contributed by atoms with E-state index in [1.54, 1.807) is 0 Å². The molecular weight excluding hydrogens is 352 g/mol. The molecule has 1 unspecified atom stereocenters. The molecule has 0 radical (unpaired) electrons. The molecule has 0 saturated carbocycles. The second-order valence-electron chi connectivity index (χ2n) is 7.11. The van der Waals surface area contributed by atoms with E-state index in [9.17, 15) is 13.6 Å². The van der Waals surface area contributed by atoms with Crippen molar-refractivity contribution in [3.05, 3.63) is 64.7 Å². The van der Waals surface area contributed by atoms with Crippen molar-refractivity contribution < 1.29 is 23.0 Å². The summed E-state index contributed by atoms with van der Waals surface area (Å²) in [6.45, 7) is 1.53. The minimum atomic E-state index is -0.603. The molecule has 1 atom stereocenters. The summed E-state index contributed by atoms with van der Waals surface area (Å²) in [5.74, 6) is -0.683. The van der Waals surface area contributed by atoms with Gasteiger partial charge in [0.1, 0.15) is 24.0 Å². The number of halogens is 2. The Morgan fingerprint density at radius 3 is 2.74 bits per heavy atom. The fourth-order valence-electron chi connectivity index (χ4n) is 3.92. The predicted octanol–water partition coefficient (Wildman–Crippen LogP) is 3.64. The van der Waals surface area contributed by atoms with Crippen molar-refractivity contribution in [1.29, 1.82) is 0 Å². The number of carbonyl (C=O) groups is 1. The van der Waals surface area contributed by atoms with E-state index in [1.165, 1.54) is 30.4 Å². The zero-order valence-electron chi connectivity index (χ0n) is 15.1. The SMILES string of the molecule is COC(=O)C1CN(C2CCc3cc(OCc4ccc(F)cc4F)ccc32)C1. The molecule has 1 fully saturated rings. The third-order valence-electron chi connectivity index (χ3n) is 5.46. The maximum atomic E-state index is 13.7. The number of esters is 1. The highest BCUT2D eigenvalue weighted by Gasteiger charge is 2.40. The lowest BCUT2D eigenvalue weighted by Gasteiger charge is -2.41. The van der Waals surface area contributed by atoms with Crippen LogP contribution < -0.4 is 4.74 Å². The number of rotatable bonds is 5. The largest absolute Gasteiger partial charge is 0.489 e. The first-order chi connectivity index (χ1) is 13.0. The van der Waals surface area contributed by atoms with Gasteiger partial charge in [-0.25, -0.2) is 8.78 Å². The van der Waals surface area contributed by atoms with Crippen LogP contribution >= 0.6 is 0 Å². The number of ether oxygens (including phenoxy) is 2.